The van der Waals surface area contributed by atoms with Gasteiger partial charge in [-0.15, -0.1) is 0 Å². The minimum Gasteiger partial charge on any atom is -0.466 e. The molecule has 0 heterocycles. The topological polar surface area (TPSA) is 69.4 Å². The highest BCUT2D eigenvalue weighted by molar-refractivity contribution is 5.70. The summed E-state index contributed by atoms with van der Waals surface area (Å²) in [6.07, 6.45) is 5.47. The summed E-state index contributed by atoms with van der Waals surface area (Å²) < 4.78 is 4.97. The summed E-state index contributed by atoms with van der Waals surface area (Å²) in [5.74, 6) is 0.915. The molecule has 0 saturated heterocycles. The second-order valence-electron chi connectivity index (χ2n) is 5.83. The molecule has 102 valence electrons. The van der Waals surface area contributed by atoms with Crippen LogP contribution in [0.1, 0.15) is 45.4 Å². The standard InChI is InChI=1S/C13H21NO4/c1-2-18-12(15)8-13(9-14(16)17)6-10-4-3-5-11(10)7-13/h10-11H,2-9H2,1H3/t10-,11?,13?/m1/s1. The maximum absolute atomic E-state index is 11.7. The van der Waals surface area contributed by atoms with Gasteiger partial charge in [-0.1, -0.05) is 19.3 Å². The molecule has 2 saturated carbocycles. The Balaban J connectivity index is 2.05. The molecule has 2 rings (SSSR count). The number of esters is 1. The van der Waals surface area contributed by atoms with E-state index in [1.165, 1.54) is 19.3 Å². The number of rotatable bonds is 5. The van der Waals surface area contributed by atoms with Gasteiger partial charge in [-0.2, -0.15) is 0 Å². The Morgan fingerprint density at radius 2 is 2.00 bits per heavy atom. The molecule has 2 aliphatic rings. The molecule has 0 amide bonds. The van der Waals surface area contributed by atoms with Crippen LogP contribution < -0.4 is 0 Å². The molecule has 5 nitrogen and oxygen atoms in total. The first-order valence-corrected chi connectivity index (χ1v) is 6.82. The Morgan fingerprint density at radius 1 is 1.39 bits per heavy atom. The van der Waals surface area contributed by atoms with Gasteiger partial charge in [0, 0.05) is 10.3 Å². The Labute approximate surface area is 107 Å². The second-order valence-corrected chi connectivity index (χ2v) is 5.83. The first-order chi connectivity index (χ1) is 8.54. The predicted octanol–water partition coefficient (Wildman–Crippen LogP) is 2.41. The molecule has 2 aliphatic carbocycles. The van der Waals surface area contributed by atoms with Gasteiger partial charge in [0.2, 0.25) is 6.54 Å². The van der Waals surface area contributed by atoms with Crippen molar-refractivity contribution >= 4 is 5.97 Å². The highest BCUT2D eigenvalue weighted by Gasteiger charge is 2.50. The van der Waals surface area contributed by atoms with E-state index in [2.05, 4.69) is 0 Å². The van der Waals surface area contributed by atoms with Gasteiger partial charge in [0.15, 0.2) is 0 Å². The van der Waals surface area contributed by atoms with E-state index in [4.69, 9.17) is 4.74 Å². The Hall–Kier alpha value is -1.13. The van der Waals surface area contributed by atoms with Crippen molar-refractivity contribution in [1.29, 1.82) is 0 Å². The predicted molar refractivity (Wildman–Crippen MR) is 65.6 cm³/mol. The molecule has 0 spiro atoms. The molecule has 0 aliphatic heterocycles. The number of hydrogen-bond acceptors (Lipinski definition) is 4. The van der Waals surface area contributed by atoms with Crippen molar-refractivity contribution in [3.05, 3.63) is 10.1 Å². The average Bonchev–Trinajstić information content (AvgIpc) is 2.74. The van der Waals surface area contributed by atoms with Gasteiger partial charge in [0.1, 0.15) is 0 Å². The largest absolute Gasteiger partial charge is 0.466 e. The maximum atomic E-state index is 11.7. The molecule has 3 atom stereocenters. The Morgan fingerprint density at radius 3 is 2.50 bits per heavy atom. The fraction of sp³-hybridized carbons (Fsp3) is 0.923. The summed E-state index contributed by atoms with van der Waals surface area (Å²) in [5.41, 5.74) is -0.439. The van der Waals surface area contributed by atoms with Gasteiger partial charge in [-0.3, -0.25) is 14.9 Å². The van der Waals surface area contributed by atoms with Crippen LogP contribution in [0.5, 0.6) is 0 Å². The lowest BCUT2D eigenvalue weighted by Crippen LogP contribution is -2.31. The minimum atomic E-state index is -0.439. The zero-order valence-corrected chi connectivity index (χ0v) is 10.9. The SMILES string of the molecule is CCOC(=O)CC1(C[N+](=O)[O-])CC2CCC[C@@H]2C1. The molecule has 0 bridgehead atoms. The van der Waals surface area contributed by atoms with Crippen LogP contribution in [0.2, 0.25) is 0 Å². The zero-order chi connectivity index (χ0) is 13.2. The van der Waals surface area contributed by atoms with Crippen molar-refractivity contribution in [2.24, 2.45) is 17.3 Å². The number of carbonyl (C=O) groups is 1. The lowest BCUT2D eigenvalue weighted by atomic mass is 9.80. The number of hydrogen-bond donors (Lipinski definition) is 0. The van der Waals surface area contributed by atoms with E-state index in [9.17, 15) is 14.9 Å². The van der Waals surface area contributed by atoms with Crippen LogP contribution in [0.4, 0.5) is 0 Å². The third kappa shape index (κ3) is 2.82. The van der Waals surface area contributed by atoms with Crippen molar-refractivity contribution in [2.75, 3.05) is 13.2 Å². The fourth-order valence-electron chi connectivity index (χ4n) is 3.97. The summed E-state index contributed by atoms with van der Waals surface area (Å²) >= 11 is 0. The molecule has 0 aromatic heterocycles. The summed E-state index contributed by atoms with van der Waals surface area (Å²) in [6.45, 7) is 2.03. The molecular formula is C13H21NO4. The molecule has 18 heavy (non-hydrogen) atoms. The van der Waals surface area contributed by atoms with E-state index in [1.807, 2.05) is 0 Å². The van der Waals surface area contributed by atoms with E-state index in [1.54, 1.807) is 6.92 Å². The number of carbonyl (C=O) groups excluding carboxylic acids is 1. The van der Waals surface area contributed by atoms with Crippen LogP contribution in [0.3, 0.4) is 0 Å². The minimum absolute atomic E-state index is 0.0845. The fourth-order valence-corrected chi connectivity index (χ4v) is 3.97. The normalized spacial score (nSPS) is 34.3. The number of fused-ring (bicyclic) bond motifs is 1. The van der Waals surface area contributed by atoms with Crippen LogP contribution >= 0.6 is 0 Å². The summed E-state index contributed by atoms with van der Waals surface area (Å²) in [5, 5.41) is 10.9. The summed E-state index contributed by atoms with van der Waals surface area (Å²) in [4.78, 5) is 22.3. The lowest BCUT2D eigenvalue weighted by molar-refractivity contribution is -0.497. The number of nitrogens with zero attached hydrogens (tertiary/aromatic N) is 1. The van der Waals surface area contributed by atoms with E-state index in [0.29, 0.717) is 18.4 Å². The summed E-state index contributed by atoms with van der Waals surface area (Å²) in [7, 11) is 0. The molecule has 0 aromatic carbocycles. The van der Waals surface area contributed by atoms with E-state index in [0.717, 1.165) is 12.8 Å². The van der Waals surface area contributed by atoms with Gasteiger partial charge in [-0.25, -0.2) is 0 Å². The quantitative estimate of drug-likeness (QED) is 0.430. The number of ether oxygens (including phenoxy) is 1. The van der Waals surface area contributed by atoms with Gasteiger partial charge < -0.3 is 4.74 Å². The van der Waals surface area contributed by atoms with Crippen molar-refractivity contribution < 1.29 is 14.5 Å². The number of nitro groups is 1. The molecule has 2 fully saturated rings. The third-order valence-corrected chi connectivity index (χ3v) is 4.50. The van der Waals surface area contributed by atoms with Crippen LogP contribution in [-0.2, 0) is 9.53 Å². The average molecular weight is 255 g/mol. The van der Waals surface area contributed by atoms with Gasteiger partial charge in [-0.05, 0) is 31.6 Å². The zero-order valence-electron chi connectivity index (χ0n) is 10.9. The van der Waals surface area contributed by atoms with Gasteiger partial charge in [0.25, 0.3) is 0 Å². The first kappa shape index (κ1) is 13.3. The van der Waals surface area contributed by atoms with Crippen LogP contribution in [-0.4, -0.2) is 24.0 Å². The van der Waals surface area contributed by atoms with Crippen molar-refractivity contribution in [2.45, 2.75) is 45.4 Å². The summed E-state index contributed by atoms with van der Waals surface area (Å²) in [6, 6.07) is 0. The molecule has 2 unspecified atom stereocenters. The lowest BCUT2D eigenvalue weighted by Gasteiger charge is -2.24. The third-order valence-electron chi connectivity index (χ3n) is 4.50. The van der Waals surface area contributed by atoms with E-state index >= 15 is 0 Å². The van der Waals surface area contributed by atoms with Crippen molar-refractivity contribution in [3.63, 3.8) is 0 Å². The van der Waals surface area contributed by atoms with E-state index < -0.39 is 5.41 Å². The Bertz CT molecular complexity index is 330. The Kier molecular flexibility index (Phi) is 3.88. The highest BCUT2D eigenvalue weighted by Crippen LogP contribution is 2.54. The molecule has 0 N–H and O–H groups in total. The van der Waals surface area contributed by atoms with Crippen LogP contribution in [0, 0.1) is 27.4 Å². The van der Waals surface area contributed by atoms with Crippen LogP contribution in [0.25, 0.3) is 0 Å². The van der Waals surface area contributed by atoms with Crippen molar-refractivity contribution in [1.82, 2.24) is 0 Å². The van der Waals surface area contributed by atoms with Gasteiger partial charge in [0.05, 0.1) is 13.0 Å². The van der Waals surface area contributed by atoms with E-state index in [-0.39, 0.29) is 23.9 Å². The smallest absolute Gasteiger partial charge is 0.306 e. The monoisotopic (exact) mass is 255 g/mol. The molecule has 5 heteroatoms. The van der Waals surface area contributed by atoms with Crippen molar-refractivity contribution in [3.8, 4) is 0 Å². The van der Waals surface area contributed by atoms with Crippen LogP contribution in [0.15, 0.2) is 0 Å². The highest BCUT2D eigenvalue weighted by atomic mass is 16.6. The molecule has 0 radical (unpaired) electrons. The maximum Gasteiger partial charge on any atom is 0.306 e. The first-order valence-electron chi connectivity index (χ1n) is 6.82. The van der Waals surface area contributed by atoms with Gasteiger partial charge >= 0.3 is 5.97 Å². The molecule has 0 aromatic rings. The molecular weight excluding hydrogens is 234 g/mol. The second kappa shape index (κ2) is 5.24.